The van der Waals surface area contributed by atoms with Crippen molar-refractivity contribution < 1.29 is 9.85 Å². The standard InChI is InChI=1S/C20H17N5O4S/c26-24(27)15-5-1-3-12(8-15)7-14-10-21-11-17-18(22-20(30)23-19(14)17)13-4-2-6-16(9-13)25(28)29/h1-9,17-18,21H,10-11H2,(H,22,30)/b14-7+. The van der Waals surface area contributed by atoms with E-state index in [0.717, 1.165) is 16.8 Å². The Morgan fingerprint density at radius 2 is 1.77 bits per heavy atom. The molecule has 2 heterocycles. The first kappa shape index (κ1) is 19.8. The second kappa shape index (κ2) is 8.09. The summed E-state index contributed by atoms with van der Waals surface area (Å²) in [5.74, 6) is -0.0996. The van der Waals surface area contributed by atoms with Crippen LogP contribution in [0.15, 0.2) is 59.1 Å². The molecule has 2 N–H and O–H groups in total. The molecule has 2 unspecified atom stereocenters. The summed E-state index contributed by atoms with van der Waals surface area (Å²) in [7, 11) is 0. The molecular formula is C20H17N5O4S. The van der Waals surface area contributed by atoms with Gasteiger partial charge in [-0.1, -0.05) is 24.3 Å². The van der Waals surface area contributed by atoms with Crippen LogP contribution in [0, 0.1) is 26.1 Å². The second-order valence-electron chi connectivity index (χ2n) is 7.04. The molecule has 0 radical (unpaired) electrons. The van der Waals surface area contributed by atoms with Crippen LogP contribution in [0.25, 0.3) is 6.08 Å². The zero-order valence-electron chi connectivity index (χ0n) is 15.6. The molecule has 2 aromatic carbocycles. The minimum atomic E-state index is -0.431. The Labute approximate surface area is 176 Å². The van der Waals surface area contributed by atoms with E-state index in [2.05, 4.69) is 15.6 Å². The van der Waals surface area contributed by atoms with Gasteiger partial charge in [0, 0.05) is 43.3 Å². The molecule has 2 aliphatic heterocycles. The van der Waals surface area contributed by atoms with Gasteiger partial charge in [0.15, 0.2) is 5.11 Å². The molecule has 2 aliphatic rings. The van der Waals surface area contributed by atoms with E-state index in [4.69, 9.17) is 12.2 Å². The van der Waals surface area contributed by atoms with Gasteiger partial charge in [0.1, 0.15) is 0 Å². The maximum absolute atomic E-state index is 11.2. The fourth-order valence-corrected chi connectivity index (χ4v) is 4.02. The van der Waals surface area contributed by atoms with Gasteiger partial charge >= 0.3 is 0 Å². The van der Waals surface area contributed by atoms with Crippen LogP contribution in [0.4, 0.5) is 11.4 Å². The highest BCUT2D eigenvalue weighted by Crippen LogP contribution is 2.33. The third-order valence-electron chi connectivity index (χ3n) is 5.13. The molecule has 0 aromatic heterocycles. The van der Waals surface area contributed by atoms with Crippen LogP contribution in [0.2, 0.25) is 0 Å². The first-order valence-electron chi connectivity index (χ1n) is 9.22. The molecule has 9 nitrogen and oxygen atoms in total. The summed E-state index contributed by atoms with van der Waals surface area (Å²) in [5, 5.41) is 29.1. The molecule has 0 aliphatic carbocycles. The molecular weight excluding hydrogens is 406 g/mol. The normalized spacial score (nSPS) is 22.1. The molecule has 10 heteroatoms. The maximum atomic E-state index is 11.2. The summed E-state index contributed by atoms with van der Waals surface area (Å²) >= 11 is 5.34. The minimum Gasteiger partial charge on any atom is -0.353 e. The van der Waals surface area contributed by atoms with Crippen molar-refractivity contribution in [1.29, 1.82) is 0 Å². The monoisotopic (exact) mass is 423 g/mol. The van der Waals surface area contributed by atoms with Crippen molar-refractivity contribution in [1.82, 2.24) is 10.6 Å². The Balaban J connectivity index is 1.71. The number of hydrogen-bond acceptors (Lipinski definition) is 6. The zero-order chi connectivity index (χ0) is 21.3. The Morgan fingerprint density at radius 1 is 1.07 bits per heavy atom. The Kier molecular flexibility index (Phi) is 5.34. The number of benzene rings is 2. The number of aliphatic imine (C=N–C) groups is 1. The van der Waals surface area contributed by atoms with E-state index < -0.39 is 9.85 Å². The molecule has 0 amide bonds. The topological polar surface area (TPSA) is 123 Å². The van der Waals surface area contributed by atoms with Crippen molar-refractivity contribution in [3.05, 3.63) is 85.5 Å². The molecule has 1 saturated heterocycles. The molecule has 30 heavy (non-hydrogen) atoms. The predicted octanol–water partition coefficient (Wildman–Crippen LogP) is 3.18. The third kappa shape index (κ3) is 3.95. The molecule has 2 aromatic rings. The summed E-state index contributed by atoms with van der Waals surface area (Å²) < 4.78 is 0. The molecule has 0 spiro atoms. The Hall–Kier alpha value is -3.50. The van der Waals surface area contributed by atoms with Crippen LogP contribution >= 0.6 is 12.2 Å². The Bertz CT molecular complexity index is 1110. The second-order valence-corrected chi connectivity index (χ2v) is 7.42. The predicted molar refractivity (Wildman–Crippen MR) is 116 cm³/mol. The maximum Gasteiger partial charge on any atom is 0.270 e. The smallest absolute Gasteiger partial charge is 0.270 e. The SMILES string of the molecule is O=[N+]([O-])c1cccc(/C=C2\CNCC3C2=NC(=S)NC3c2cccc([N+](=O)[O-])c2)c1. The lowest BCUT2D eigenvalue weighted by Gasteiger charge is -2.37. The molecule has 1 fully saturated rings. The largest absolute Gasteiger partial charge is 0.353 e. The van der Waals surface area contributed by atoms with Crippen molar-refractivity contribution in [3.8, 4) is 0 Å². The third-order valence-corrected chi connectivity index (χ3v) is 5.33. The van der Waals surface area contributed by atoms with Gasteiger partial charge in [-0.05, 0) is 35.0 Å². The highest BCUT2D eigenvalue weighted by Gasteiger charge is 2.36. The van der Waals surface area contributed by atoms with Crippen molar-refractivity contribution in [2.24, 2.45) is 10.9 Å². The number of thiocarbonyl (C=S) groups is 1. The van der Waals surface area contributed by atoms with E-state index in [-0.39, 0.29) is 23.3 Å². The van der Waals surface area contributed by atoms with Gasteiger partial charge in [-0.25, -0.2) is 4.99 Å². The van der Waals surface area contributed by atoms with Crippen LogP contribution in [0.5, 0.6) is 0 Å². The minimum absolute atomic E-state index is 0.0143. The first-order chi connectivity index (χ1) is 14.4. The molecule has 4 rings (SSSR count). The van der Waals surface area contributed by atoms with Crippen LogP contribution in [-0.2, 0) is 0 Å². The van der Waals surface area contributed by atoms with Gasteiger partial charge in [-0.15, -0.1) is 0 Å². The number of non-ortho nitro benzene ring substituents is 2. The van der Waals surface area contributed by atoms with E-state index in [1.165, 1.54) is 18.2 Å². The lowest BCUT2D eigenvalue weighted by atomic mass is 9.81. The van der Waals surface area contributed by atoms with Crippen LogP contribution in [-0.4, -0.2) is 33.8 Å². The number of nitro groups is 2. The van der Waals surface area contributed by atoms with Gasteiger partial charge in [-0.3, -0.25) is 20.2 Å². The van der Waals surface area contributed by atoms with Crippen LogP contribution in [0.3, 0.4) is 0 Å². The van der Waals surface area contributed by atoms with Gasteiger partial charge < -0.3 is 10.6 Å². The summed E-state index contributed by atoms with van der Waals surface area (Å²) in [6.07, 6.45) is 1.86. The number of hydrogen-bond donors (Lipinski definition) is 2. The van der Waals surface area contributed by atoms with Gasteiger partial charge in [0.05, 0.1) is 21.6 Å². The van der Waals surface area contributed by atoms with E-state index in [1.54, 1.807) is 24.3 Å². The van der Waals surface area contributed by atoms with Gasteiger partial charge in [0.2, 0.25) is 0 Å². The van der Waals surface area contributed by atoms with Gasteiger partial charge in [0.25, 0.3) is 11.4 Å². The van der Waals surface area contributed by atoms with E-state index in [1.807, 2.05) is 12.1 Å². The average molecular weight is 423 g/mol. The molecule has 152 valence electrons. The summed E-state index contributed by atoms with van der Waals surface area (Å²) in [6, 6.07) is 12.6. The fourth-order valence-electron chi connectivity index (χ4n) is 3.80. The van der Waals surface area contributed by atoms with E-state index >= 15 is 0 Å². The van der Waals surface area contributed by atoms with Crippen LogP contribution in [0.1, 0.15) is 17.2 Å². The fraction of sp³-hybridized carbons (Fsp3) is 0.200. The molecule has 0 saturated carbocycles. The number of fused-ring (bicyclic) bond motifs is 1. The Morgan fingerprint density at radius 3 is 2.50 bits per heavy atom. The van der Waals surface area contributed by atoms with E-state index in [9.17, 15) is 20.2 Å². The lowest BCUT2D eigenvalue weighted by molar-refractivity contribution is -0.385. The summed E-state index contributed by atoms with van der Waals surface area (Å²) in [6.45, 7) is 1.16. The summed E-state index contributed by atoms with van der Waals surface area (Å²) in [5.41, 5.74) is 3.15. The van der Waals surface area contributed by atoms with Crippen LogP contribution < -0.4 is 10.6 Å². The molecule has 0 bridgehead atoms. The first-order valence-corrected chi connectivity index (χ1v) is 9.63. The number of nitrogens with zero attached hydrogens (tertiary/aromatic N) is 3. The number of rotatable bonds is 4. The van der Waals surface area contributed by atoms with Crippen molar-refractivity contribution in [2.75, 3.05) is 13.1 Å². The molecule has 2 atom stereocenters. The van der Waals surface area contributed by atoms with Crippen molar-refractivity contribution in [2.45, 2.75) is 6.04 Å². The highest BCUT2D eigenvalue weighted by molar-refractivity contribution is 7.80. The number of piperidine rings is 1. The van der Waals surface area contributed by atoms with Gasteiger partial charge in [-0.2, -0.15) is 0 Å². The number of nitrogens with one attached hydrogen (secondary N) is 2. The van der Waals surface area contributed by atoms with Crippen molar-refractivity contribution in [3.63, 3.8) is 0 Å². The quantitative estimate of drug-likeness (QED) is 0.440. The number of nitro benzene ring substituents is 2. The lowest BCUT2D eigenvalue weighted by Crippen LogP contribution is -2.50. The average Bonchev–Trinajstić information content (AvgIpc) is 2.74. The highest BCUT2D eigenvalue weighted by atomic mass is 32.1. The zero-order valence-corrected chi connectivity index (χ0v) is 16.5. The van der Waals surface area contributed by atoms with Crippen molar-refractivity contribution >= 4 is 40.5 Å². The van der Waals surface area contributed by atoms with E-state index in [0.29, 0.717) is 23.8 Å². The summed E-state index contributed by atoms with van der Waals surface area (Å²) in [4.78, 5) is 25.9.